The van der Waals surface area contributed by atoms with Crippen molar-refractivity contribution in [2.24, 2.45) is 0 Å². The van der Waals surface area contributed by atoms with E-state index in [9.17, 15) is 0 Å². The van der Waals surface area contributed by atoms with E-state index in [4.69, 9.17) is 5.73 Å². The minimum absolute atomic E-state index is 0.492. The maximum Gasteiger partial charge on any atom is 0.167 e. The zero-order valence-corrected chi connectivity index (χ0v) is 12.0. The molecule has 0 bridgehead atoms. The molecule has 0 spiro atoms. The number of nitrogens with zero attached hydrogens (tertiary/aromatic N) is 4. The Labute approximate surface area is 118 Å². The Kier molecular flexibility index (Phi) is 3.48. The van der Waals surface area contributed by atoms with E-state index in [0.29, 0.717) is 20.9 Å². The molecule has 6 nitrogen and oxygen atoms in total. The summed E-state index contributed by atoms with van der Waals surface area (Å²) in [5.74, 6) is 1.33. The van der Waals surface area contributed by atoms with Gasteiger partial charge in [0.2, 0.25) is 0 Å². The van der Waals surface area contributed by atoms with Crippen molar-refractivity contribution in [2.75, 3.05) is 17.7 Å². The van der Waals surface area contributed by atoms with Crippen molar-refractivity contribution in [3.8, 4) is 0 Å². The van der Waals surface area contributed by atoms with Gasteiger partial charge in [-0.15, -0.1) is 0 Å². The summed E-state index contributed by atoms with van der Waals surface area (Å²) in [6, 6.07) is 5.72. The topological polar surface area (TPSA) is 81.1 Å². The Bertz CT molecular complexity index is 724. The maximum absolute atomic E-state index is 5.87. The van der Waals surface area contributed by atoms with Gasteiger partial charge in [-0.1, -0.05) is 14.6 Å². The van der Waals surface area contributed by atoms with Crippen LogP contribution >= 0.6 is 8.58 Å². The lowest BCUT2D eigenvalue weighted by Crippen LogP contribution is -2.09. The first-order chi connectivity index (χ1) is 9.78. The summed E-state index contributed by atoms with van der Waals surface area (Å²) in [5.41, 5.74) is 7.79. The molecule has 0 aliphatic carbocycles. The molecule has 3 aromatic heterocycles. The molecule has 0 aliphatic heterocycles. The third kappa shape index (κ3) is 2.42. The summed E-state index contributed by atoms with van der Waals surface area (Å²) in [5, 5.41) is 8.81. The van der Waals surface area contributed by atoms with Crippen molar-refractivity contribution >= 4 is 31.2 Å². The largest absolute Gasteiger partial charge is 0.384 e. The maximum atomic E-state index is 5.87. The molecule has 1 atom stereocenters. The van der Waals surface area contributed by atoms with Crippen molar-refractivity contribution in [1.29, 1.82) is 0 Å². The third-order valence-corrected chi connectivity index (χ3v) is 3.85. The smallest absolute Gasteiger partial charge is 0.167 e. The molecule has 3 rings (SSSR count). The van der Waals surface area contributed by atoms with Crippen LogP contribution in [0.2, 0.25) is 0 Å². The lowest BCUT2D eigenvalue weighted by Gasteiger charge is -2.09. The molecule has 0 radical (unpaired) electrons. The second kappa shape index (κ2) is 5.43. The van der Waals surface area contributed by atoms with Gasteiger partial charge in [-0.2, -0.15) is 9.61 Å². The highest BCUT2D eigenvalue weighted by atomic mass is 31.1. The SMILES string of the molecule is CPc1cnn2c(NCc3cccnc3)cc(N)nc12. The number of hydrogen-bond acceptors (Lipinski definition) is 5. The number of hydrogen-bond donors (Lipinski definition) is 2. The summed E-state index contributed by atoms with van der Waals surface area (Å²) in [6.07, 6.45) is 5.43. The van der Waals surface area contributed by atoms with Crippen LogP contribution in [0.5, 0.6) is 0 Å². The van der Waals surface area contributed by atoms with Gasteiger partial charge in [-0.25, -0.2) is 4.98 Å². The molecular weight excluding hydrogens is 271 g/mol. The number of nitrogen functional groups attached to an aromatic ring is 1. The van der Waals surface area contributed by atoms with E-state index in [-0.39, 0.29) is 0 Å². The monoisotopic (exact) mass is 286 g/mol. The van der Waals surface area contributed by atoms with Crippen LogP contribution in [0.3, 0.4) is 0 Å². The molecule has 0 aromatic carbocycles. The van der Waals surface area contributed by atoms with Crippen LogP contribution in [0.1, 0.15) is 5.56 Å². The normalized spacial score (nSPS) is 11.4. The quantitative estimate of drug-likeness (QED) is 0.706. The van der Waals surface area contributed by atoms with Gasteiger partial charge in [0, 0.05) is 30.3 Å². The summed E-state index contributed by atoms with van der Waals surface area (Å²) >= 11 is 0. The Morgan fingerprint density at radius 3 is 3.05 bits per heavy atom. The zero-order chi connectivity index (χ0) is 13.9. The van der Waals surface area contributed by atoms with Crippen LogP contribution in [-0.4, -0.2) is 26.2 Å². The van der Waals surface area contributed by atoms with Crippen LogP contribution in [0.15, 0.2) is 36.8 Å². The minimum Gasteiger partial charge on any atom is -0.384 e. The highest BCUT2D eigenvalue weighted by molar-refractivity contribution is 7.46. The summed E-state index contributed by atoms with van der Waals surface area (Å²) in [7, 11) is 0.637. The molecule has 1 unspecified atom stereocenters. The second-order valence-corrected chi connectivity index (χ2v) is 5.36. The molecule has 7 heteroatoms. The average molecular weight is 286 g/mol. The molecule has 3 N–H and O–H groups in total. The number of fused-ring (bicyclic) bond motifs is 1. The Hall–Kier alpha value is -2.20. The molecule has 3 aromatic rings. The van der Waals surface area contributed by atoms with Crippen LogP contribution in [-0.2, 0) is 6.54 Å². The van der Waals surface area contributed by atoms with Crippen LogP contribution in [0.4, 0.5) is 11.6 Å². The lowest BCUT2D eigenvalue weighted by molar-refractivity contribution is 0.926. The van der Waals surface area contributed by atoms with Crippen molar-refractivity contribution in [3.05, 3.63) is 42.4 Å². The molecule has 0 saturated carbocycles. The van der Waals surface area contributed by atoms with E-state index in [1.165, 1.54) is 0 Å². The summed E-state index contributed by atoms with van der Waals surface area (Å²) in [4.78, 5) is 8.45. The first-order valence-corrected chi connectivity index (χ1v) is 7.72. The summed E-state index contributed by atoms with van der Waals surface area (Å²) < 4.78 is 1.79. The van der Waals surface area contributed by atoms with Crippen LogP contribution in [0, 0.1) is 0 Å². The first kappa shape index (κ1) is 12.8. The Morgan fingerprint density at radius 2 is 2.30 bits per heavy atom. The molecule has 0 aliphatic rings. The minimum atomic E-state index is 0.492. The van der Waals surface area contributed by atoms with Gasteiger partial charge in [0.25, 0.3) is 0 Å². The number of nitrogens with one attached hydrogen (secondary N) is 1. The van der Waals surface area contributed by atoms with E-state index in [0.717, 1.165) is 22.3 Å². The van der Waals surface area contributed by atoms with E-state index in [2.05, 4.69) is 27.0 Å². The molecule has 0 fully saturated rings. The van der Waals surface area contributed by atoms with Crippen LogP contribution in [0.25, 0.3) is 5.65 Å². The van der Waals surface area contributed by atoms with E-state index < -0.39 is 0 Å². The molecule has 3 heterocycles. The fourth-order valence-corrected chi connectivity index (χ4v) is 2.55. The third-order valence-electron chi connectivity index (χ3n) is 2.96. The average Bonchev–Trinajstić information content (AvgIpc) is 2.88. The van der Waals surface area contributed by atoms with Gasteiger partial charge in [-0.05, 0) is 18.3 Å². The van der Waals surface area contributed by atoms with Gasteiger partial charge in [0.15, 0.2) is 5.65 Å². The Balaban J connectivity index is 1.93. The first-order valence-electron chi connectivity index (χ1n) is 6.22. The van der Waals surface area contributed by atoms with Gasteiger partial charge < -0.3 is 11.1 Å². The summed E-state index contributed by atoms with van der Waals surface area (Å²) in [6.45, 7) is 2.76. The number of aromatic nitrogens is 4. The van der Waals surface area contributed by atoms with Crippen LogP contribution < -0.4 is 16.4 Å². The number of pyridine rings is 1. The van der Waals surface area contributed by atoms with Gasteiger partial charge in [0.05, 0.1) is 6.20 Å². The van der Waals surface area contributed by atoms with E-state index in [1.807, 2.05) is 24.5 Å². The highest BCUT2D eigenvalue weighted by Gasteiger charge is 2.09. The molecular formula is C13H15N6P. The predicted octanol–water partition coefficient (Wildman–Crippen LogP) is 1.25. The number of anilines is 2. The molecule has 20 heavy (non-hydrogen) atoms. The number of nitrogens with two attached hydrogens (primary N) is 1. The zero-order valence-electron chi connectivity index (χ0n) is 11.0. The highest BCUT2D eigenvalue weighted by Crippen LogP contribution is 2.17. The van der Waals surface area contributed by atoms with Crippen molar-refractivity contribution in [1.82, 2.24) is 19.6 Å². The lowest BCUT2D eigenvalue weighted by atomic mass is 10.3. The predicted molar refractivity (Wildman–Crippen MR) is 82.8 cm³/mol. The van der Waals surface area contributed by atoms with Crippen molar-refractivity contribution in [2.45, 2.75) is 6.54 Å². The van der Waals surface area contributed by atoms with Gasteiger partial charge in [-0.3, -0.25) is 4.98 Å². The molecule has 0 saturated heterocycles. The van der Waals surface area contributed by atoms with Gasteiger partial charge in [0.1, 0.15) is 11.6 Å². The molecule has 102 valence electrons. The van der Waals surface area contributed by atoms with Crippen molar-refractivity contribution < 1.29 is 0 Å². The Morgan fingerprint density at radius 1 is 1.40 bits per heavy atom. The van der Waals surface area contributed by atoms with Gasteiger partial charge >= 0.3 is 0 Å². The fraction of sp³-hybridized carbons (Fsp3) is 0.154. The molecule has 0 amide bonds. The standard InChI is InChI=1S/C13H15N6P/c1-20-10-8-17-19-12(5-11(14)18-13(10)19)16-7-9-3-2-4-15-6-9/h2-6,8,16,20H,7H2,1H3,(H2,14,18). The van der Waals surface area contributed by atoms with E-state index in [1.54, 1.807) is 16.8 Å². The second-order valence-electron chi connectivity index (χ2n) is 4.32. The van der Waals surface area contributed by atoms with E-state index >= 15 is 0 Å². The fourth-order valence-electron chi connectivity index (χ4n) is 1.98. The number of rotatable bonds is 4. The van der Waals surface area contributed by atoms with Crippen molar-refractivity contribution in [3.63, 3.8) is 0 Å².